The Kier molecular flexibility index (Phi) is 3.43. The highest BCUT2D eigenvalue weighted by atomic mass is 16.5. The van der Waals surface area contributed by atoms with Crippen LogP contribution in [0.15, 0.2) is 0 Å². The van der Waals surface area contributed by atoms with Gasteiger partial charge in [0.1, 0.15) is 18.3 Å². The van der Waals surface area contributed by atoms with E-state index in [4.69, 9.17) is 9.84 Å². The van der Waals surface area contributed by atoms with Crippen molar-refractivity contribution in [3.05, 3.63) is 0 Å². The number of carbonyl (C=O) groups is 1. The SMILES string of the molecule is C[C@H]1OC(CC(=O)O)[C@@H](O)C(O)[C@@H]1O. The molecule has 0 bridgehead atoms. The number of carboxylic acids is 1. The quantitative estimate of drug-likeness (QED) is 0.430. The van der Waals surface area contributed by atoms with E-state index in [0.29, 0.717) is 0 Å². The molecule has 14 heavy (non-hydrogen) atoms. The molecule has 0 spiro atoms. The summed E-state index contributed by atoms with van der Waals surface area (Å²) in [5.74, 6) is -1.12. The maximum Gasteiger partial charge on any atom is 0.306 e. The van der Waals surface area contributed by atoms with E-state index in [1.165, 1.54) is 6.92 Å². The molecule has 6 heteroatoms. The third-order valence-electron chi connectivity index (χ3n) is 2.33. The predicted octanol–water partition coefficient (Wildman–Crippen LogP) is -1.67. The fraction of sp³-hybridized carbons (Fsp3) is 0.875. The van der Waals surface area contributed by atoms with E-state index in [1.807, 2.05) is 0 Å². The van der Waals surface area contributed by atoms with E-state index in [9.17, 15) is 20.1 Å². The fourth-order valence-corrected chi connectivity index (χ4v) is 1.48. The minimum Gasteiger partial charge on any atom is -0.481 e. The molecule has 0 amide bonds. The maximum absolute atomic E-state index is 10.4. The normalized spacial score (nSPS) is 43.6. The molecule has 2 unspecified atom stereocenters. The molecule has 0 aromatic heterocycles. The van der Waals surface area contributed by atoms with Gasteiger partial charge in [-0.2, -0.15) is 0 Å². The molecule has 0 aromatic rings. The number of ether oxygens (including phenoxy) is 1. The first-order valence-electron chi connectivity index (χ1n) is 4.35. The summed E-state index contributed by atoms with van der Waals surface area (Å²) in [6.07, 6.45) is -5.95. The predicted molar refractivity (Wildman–Crippen MR) is 44.6 cm³/mol. The van der Waals surface area contributed by atoms with Crippen LogP contribution in [0.25, 0.3) is 0 Å². The van der Waals surface area contributed by atoms with Gasteiger partial charge in [0, 0.05) is 0 Å². The molecule has 1 aliphatic heterocycles. The van der Waals surface area contributed by atoms with Gasteiger partial charge in [-0.1, -0.05) is 0 Å². The summed E-state index contributed by atoms with van der Waals surface area (Å²) in [5, 5.41) is 36.5. The van der Waals surface area contributed by atoms with Crippen molar-refractivity contribution in [2.45, 2.75) is 43.9 Å². The smallest absolute Gasteiger partial charge is 0.306 e. The van der Waals surface area contributed by atoms with Crippen molar-refractivity contribution in [1.29, 1.82) is 0 Å². The summed E-state index contributed by atoms with van der Waals surface area (Å²) < 4.78 is 5.05. The van der Waals surface area contributed by atoms with Crippen molar-refractivity contribution in [2.75, 3.05) is 0 Å². The third-order valence-corrected chi connectivity index (χ3v) is 2.33. The van der Waals surface area contributed by atoms with E-state index in [1.54, 1.807) is 0 Å². The molecule has 0 radical (unpaired) electrons. The molecule has 1 rings (SSSR count). The maximum atomic E-state index is 10.4. The van der Waals surface area contributed by atoms with Gasteiger partial charge in [0.2, 0.25) is 0 Å². The molecule has 0 aliphatic carbocycles. The summed E-state index contributed by atoms with van der Waals surface area (Å²) in [5.41, 5.74) is 0. The molecule has 1 heterocycles. The average molecular weight is 206 g/mol. The third kappa shape index (κ3) is 2.21. The monoisotopic (exact) mass is 206 g/mol. The number of aliphatic hydroxyl groups excluding tert-OH is 3. The minimum atomic E-state index is -1.36. The second kappa shape index (κ2) is 4.22. The Balaban J connectivity index is 2.65. The van der Waals surface area contributed by atoms with Crippen LogP contribution in [-0.4, -0.2) is 56.9 Å². The molecule has 5 atom stereocenters. The number of hydrogen-bond acceptors (Lipinski definition) is 5. The second-order valence-electron chi connectivity index (χ2n) is 3.45. The molecule has 0 aromatic carbocycles. The van der Waals surface area contributed by atoms with Crippen LogP contribution < -0.4 is 0 Å². The van der Waals surface area contributed by atoms with E-state index in [2.05, 4.69) is 0 Å². The highest BCUT2D eigenvalue weighted by molar-refractivity contribution is 5.67. The van der Waals surface area contributed by atoms with Gasteiger partial charge < -0.3 is 25.2 Å². The number of rotatable bonds is 2. The Morgan fingerprint density at radius 2 is 1.79 bits per heavy atom. The van der Waals surface area contributed by atoms with Crippen LogP contribution in [0.1, 0.15) is 13.3 Å². The fourth-order valence-electron chi connectivity index (χ4n) is 1.48. The van der Waals surface area contributed by atoms with Crippen molar-refractivity contribution in [3.63, 3.8) is 0 Å². The van der Waals surface area contributed by atoms with Crippen LogP contribution in [-0.2, 0) is 9.53 Å². The van der Waals surface area contributed by atoms with Crippen molar-refractivity contribution in [1.82, 2.24) is 0 Å². The zero-order valence-corrected chi connectivity index (χ0v) is 7.70. The number of aliphatic carboxylic acids is 1. The van der Waals surface area contributed by atoms with Crippen molar-refractivity contribution in [3.8, 4) is 0 Å². The lowest BCUT2D eigenvalue weighted by Crippen LogP contribution is -2.56. The minimum absolute atomic E-state index is 0.394. The zero-order chi connectivity index (χ0) is 10.9. The zero-order valence-electron chi connectivity index (χ0n) is 7.70. The molecule has 82 valence electrons. The van der Waals surface area contributed by atoms with Crippen LogP contribution in [0.2, 0.25) is 0 Å². The van der Waals surface area contributed by atoms with Crippen molar-refractivity contribution >= 4 is 5.97 Å². The van der Waals surface area contributed by atoms with Crippen molar-refractivity contribution < 1.29 is 30.0 Å². The molecule has 1 aliphatic rings. The summed E-state index contributed by atoms with van der Waals surface area (Å²) in [6, 6.07) is 0. The molecule has 1 saturated heterocycles. The van der Waals surface area contributed by atoms with E-state index in [-0.39, 0.29) is 0 Å². The number of aliphatic hydroxyl groups is 3. The summed E-state index contributed by atoms with van der Waals surface area (Å²) >= 11 is 0. The molecular weight excluding hydrogens is 192 g/mol. The average Bonchev–Trinajstić information content (AvgIpc) is 2.10. The number of carboxylic acid groups (broad SMARTS) is 1. The van der Waals surface area contributed by atoms with E-state index in [0.717, 1.165) is 0 Å². The highest BCUT2D eigenvalue weighted by Gasteiger charge is 2.42. The first-order valence-corrected chi connectivity index (χ1v) is 4.35. The Morgan fingerprint density at radius 1 is 1.21 bits per heavy atom. The summed E-state index contributed by atoms with van der Waals surface area (Å²) in [7, 11) is 0. The van der Waals surface area contributed by atoms with Crippen LogP contribution in [0.4, 0.5) is 0 Å². The topological polar surface area (TPSA) is 107 Å². The van der Waals surface area contributed by atoms with Crippen molar-refractivity contribution in [2.24, 2.45) is 0 Å². The van der Waals surface area contributed by atoms with Gasteiger partial charge in [-0.25, -0.2) is 0 Å². The lowest BCUT2D eigenvalue weighted by molar-refractivity contribution is -0.219. The van der Waals surface area contributed by atoms with Gasteiger partial charge >= 0.3 is 5.97 Å². The largest absolute Gasteiger partial charge is 0.481 e. The van der Waals surface area contributed by atoms with E-state index < -0.39 is 42.9 Å². The van der Waals surface area contributed by atoms with Gasteiger partial charge in [0.15, 0.2) is 0 Å². The van der Waals surface area contributed by atoms with Gasteiger partial charge in [-0.05, 0) is 6.92 Å². The van der Waals surface area contributed by atoms with Gasteiger partial charge in [-0.15, -0.1) is 0 Å². The second-order valence-corrected chi connectivity index (χ2v) is 3.45. The lowest BCUT2D eigenvalue weighted by atomic mass is 9.94. The highest BCUT2D eigenvalue weighted by Crippen LogP contribution is 2.22. The van der Waals surface area contributed by atoms with Gasteiger partial charge in [-0.3, -0.25) is 4.79 Å². The molecular formula is C8H14O6. The van der Waals surface area contributed by atoms with Gasteiger partial charge in [0.05, 0.1) is 18.6 Å². The lowest BCUT2D eigenvalue weighted by Gasteiger charge is -2.38. The Morgan fingerprint density at radius 3 is 2.29 bits per heavy atom. The molecule has 6 nitrogen and oxygen atoms in total. The molecule has 0 saturated carbocycles. The van der Waals surface area contributed by atoms with Crippen LogP contribution >= 0.6 is 0 Å². The Labute approximate surface area is 80.7 Å². The summed E-state index contributed by atoms with van der Waals surface area (Å²) in [6.45, 7) is 1.51. The van der Waals surface area contributed by atoms with Crippen LogP contribution in [0.5, 0.6) is 0 Å². The van der Waals surface area contributed by atoms with Gasteiger partial charge in [0.25, 0.3) is 0 Å². The van der Waals surface area contributed by atoms with E-state index >= 15 is 0 Å². The van der Waals surface area contributed by atoms with Crippen LogP contribution in [0, 0.1) is 0 Å². The molecule has 4 N–H and O–H groups in total. The molecule has 1 fully saturated rings. The first-order chi connectivity index (χ1) is 6.43. The standard InChI is InChI=1S/C8H14O6/c1-3-6(11)8(13)7(12)4(14-3)2-5(9)10/h3-4,6-8,11-13H,2H2,1H3,(H,9,10)/t3-,4?,6-,7-,8?/m1/s1. The Bertz CT molecular complexity index is 218. The van der Waals surface area contributed by atoms with Crippen LogP contribution in [0.3, 0.4) is 0 Å². The number of hydrogen-bond donors (Lipinski definition) is 4. The summed E-state index contributed by atoms with van der Waals surface area (Å²) in [4.78, 5) is 10.4. The Hall–Kier alpha value is -0.690. The first kappa shape index (κ1) is 11.4.